The van der Waals surface area contributed by atoms with Gasteiger partial charge in [-0.25, -0.2) is 4.39 Å². The zero-order valence-corrected chi connectivity index (χ0v) is 9.09. The molecular weight excluding hydrogens is 193 g/mol. The van der Waals surface area contributed by atoms with Crippen LogP contribution in [0.3, 0.4) is 0 Å². The van der Waals surface area contributed by atoms with Crippen LogP contribution in [0.5, 0.6) is 0 Å². The standard InChI is InChI=1S/C12H16FNO/c1-3-4-8(2)12(15)9-5-6-11(14)10(13)7-9/h5-8H,3-4,14H2,1-2H3. The summed E-state index contributed by atoms with van der Waals surface area (Å²) in [6.07, 6.45) is 1.77. The van der Waals surface area contributed by atoms with Gasteiger partial charge < -0.3 is 5.73 Å². The molecule has 0 aliphatic carbocycles. The summed E-state index contributed by atoms with van der Waals surface area (Å²) in [5.41, 5.74) is 5.82. The normalized spacial score (nSPS) is 12.5. The summed E-state index contributed by atoms with van der Waals surface area (Å²) in [7, 11) is 0. The molecule has 1 unspecified atom stereocenters. The first-order chi connectivity index (χ1) is 7.06. The highest BCUT2D eigenvalue weighted by atomic mass is 19.1. The number of halogens is 1. The largest absolute Gasteiger partial charge is 0.396 e. The first kappa shape index (κ1) is 11.7. The van der Waals surface area contributed by atoms with E-state index in [-0.39, 0.29) is 17.4 Å². The van der Waals surface area contributed by atoms with Gasteiger partial charge in [-0.05, 0) is 24.6 Å². The zero-order chi connectivity index (χ0) is 11.4. The molecule has 2 N–H and O–H groups in total. The topological polar surface area (TPSA) is 43.1 Å². The minimum absolute atomic E-state index is 0.0178. The maximum atomic E-state index is 13.1. The Labute approximate surface area is 89.3 Å². The van der Waals surface area contributed by atoms with Crippen LogP contribution in [-0.4, -0.2) is 5.78 Å². The molecule has 0 aliphatic heterocycles. The third-order valence-corrected chi connectivity index (χ3v) is 2.45. The van der Waals surface area contributed by atoms with Crippen LogP contribution in [-0.2, 0) is 0 Å². The summed E-state index contributed by atoms with van der Waals surface area (Å²) in [5.74, 6) is -0.599. The van der Waals surface area contributed by atoms with Gasteiger partial charge in [0.25, 0.3) is 0 Å². The van der Waals surface area contributed by atoms with E-state index in [4.69, 9.17) is 5.73 Å². The first-order valence-corrected chi connectivity index (χ1v) is 5.15. The molecule has 0 saturated heterocycles. The summed E-state index contributed by atoms with van der Waals surface area (Å²) in [6, 6.07) is 4.22. The van der Waals surface area contributed by atoms with E-state index in [9.17, 15) is 9.18 Å². The van der Waals surface area contributed by atoms with Crippen molar-refractivity contribution in [1.82, 2.24) is 0 Å². The van der Waals surface area contributed by atoms with E-state index in [1.54, 1.807) is 6.07 Å². The molecule has 2 nitrogen and oxygen atoms in total. The lowest BCUT2D eigenvalue weighted by atomic mass is 9.95. The van der Waals surface area contributed by atoms with Gasteiger partial charge in [-0.2, -0.15) is 0 Å². The number of nitrogen functional groups attached to an aromatic ring is 1. The fourth-order valence-electron chi connectivity index (χ4n) is 1.53. The van der Waals surface area contributed by atoms with Gasteiger partial charge in [-0.3, -0.25) is 4.79 Å². The quantitative estimate of drug-likeness (QED) is 0.611. The Balaban J connectivity index is 2.87. The second kappa shape index (κ2) is 4.91. The van der Waals surface area contributed by atoms with Crippen molar-refractivity contribution in [2.45, 2.75) is 26.7 Å². The van der Waals surface area contributed by atoms with Gasteiger partial charge in [-0.15, -0.1) is 0 Å². The summed E-state index contributed by atoms with van der Waals surface area (Å²) in [6.45, 7) is 3.88. The van der Waals surface area contributed by atoms with Crippen LogP contribution in [0.15, 0.2) is 18.2 Å². The Bertz CT molecular complexity index is 363. The molecule has 0 aliphatic rings. The number of carbonyl (C=O) groups is 1. The number of Topliss-reactive ketones (excluding diaryl/α,β-unsaturated/α-hetero) is 1. The van der Waals surface area contributed by atoms with E-state index in [1.807, 2.05) is 13.8 Å². The van der Waals surface area contributed by atoms with Crippen LogP contribution >= 0.6 is 0 Å². The molecule has 1 aromatic rings. The van der Waals surface area contributed by atoms with Crippen molar-refractivity contribution in [3.05, 3.63) is 29.6 Å². The number of hydrogen-bond acceptors (Lipinski definition) is 2. The van der Waals surface area contributed by atoms with Gasteiger partial charge in [0.2, 0.25) is 0 Å². The fourth-order valence-corrected chi connectivity index (χ4v) is 1.53. The van der Waals surface area contributed by atoms with Crippen LogP contribution in [0.2, 0.25) is 0 Å². The molecule has 0 radical (unpaired) electrons. The van der Waals surface area contributed by atoms with E-state index < -0.39 is 5.82 Å². The van der Waals surface area contributed by atoms with E-state index in [2.05, 4.69) is 0 Å². The average Bonchev–Trinajstić information content (AvgIpc) is 2.21. The Morgan fingerprint density at radius 2 is 2.20 bits per heavy atom. The monoisotopic (exact) mass is 209 g/mol. The summed E-state index contributed by atoms with van der Waals surface area (Å²) < 4.78 is 13.1. The van der Waals surface area contributed by atoms with Crippen molar-refractivity contribution >= 4 is 11.5 Å². The molecular formula is C12H16FNO. The predicted octanol–water partition coefficient (Wildman–Crippen LogP) is 3.03. The summed E-state index contributed by atoms with van der Waals surface area (Å²) in [4.78, 5) is 11.8. The average molecular weight is 209 g/mol. The van der Waals surface area contributed by atoms with Gasteiger partial charge in [0.1, 0.15) is 5.82 Å². The summed E-state index contributed by atoms with van der Waals surface area (Å²) in [5, 5.41) is 0. The number of carbonyl (C=O) groups excluding carboxylic acids is 1. The van der Waals surface area contributed by atoms with Crippen LogP contribution < -0.4 is 5.73 Å². The second-order valence-electron chi connectivity index (χ2n) is 3.79. The van der Waals surface area contributed by atoms with E-state index in [1.165, 1.54) is 12.1 Å². The molecule has 1 atom stereocenters. The molecule has 15 heavy (non-hydrogen) atoms. The number of hydrogen-bond donors (Lipinski definition) is 1. The fraction of sp³-hybridized carbons (Fsp3) is 0.417. The Kier molecular flexibility index (Phi) is 3.83. The highest BCUT2D eigenvalue weighted by Crippen LogP contribution is 2.17. The molecule has 0 bridgehead atoms. The van der Waals surface area contributed by atoms with Crippen molar-refractivity contribution in [1.29, 1.82) is 0 Å². The maximum Gasteiger partial charge on any atom is 0.165 e. The number of nitrogens with two attached hydrogens (primary N) is 1. The summed E-state index contributed by atoms with van der Waals surface area (Å²) >= 11 is 0. The molecule has 0 fully saturated rings. The van der Waals surface area contributed by atoms with Crippen molar-refractivity contribution in [3.8, 4) is 0 Å². The molecule has 0 saturated carbocycles. The van der Waals surface area contributed by atoms with Crippen LogP contribution in [0.4, 0.5) is 10.1 Å². The minimum atomic E-state index is -0.524. The van der Waals surface area contributed by atoms with Crippen molar-refractivity contribution in [2.75, 3.05) is 5.73 Å². The predicted molar refractivity (Wildman–Crippen MR) is 59.2 cm³/mol. The molecule has 0 aromatic heterocycles. The maximum absolute atomic E-state index is 13.1. The SMILES string of the molecule is CCCC(C)C(=O)c1ccc(N)c(F)c1. The van der Waals surface area contributed by atoms with Gasteiger partial charge >= 0.3 is 0 Å². The highest BCUT2D eigenvalue weighted by molar-refractivity contribution is 5.97. The Hall–Kier alpha value is -1.38. The molecule has 0 spiro atoms. The molecule has 0 amide bonds. The van der Waals surface area contributed by atoms with E-state index in [0.29, 0.717) is 5.56 Å². The lowest BCUT2D eigenvalue weighted by Crippen LogP contribution is -2.11. The smallest absolute Gasteiger partial charge is 0.165 e. The lowest BCUT2D eigenvalue weighted by Gasteiger charge is -2.09. The Morgan fingerprint density at radius 1 is 1.53 bits per heavy atom. The van der Waals surface area contributed by atoms with Gasteiger partial charge in [0, 0.05) is 11.5 Å². The third-order valence-electron chi connectivity index (χ3n) is 2.45. The van der Waals surface area contributed by atoms with Gasteiger partial charge in [0.05, 0.1) is 5.69 Å². The van der Waals surface area contributed by atoms with Crippen LogP contribution in [0.1, 0.15) is 37.0 Å². The number of rotatable bonds is 4. The third kappa shape index (κ3) is 2.78. The molecule has 82 valence electrons. The molecule has 3 heteroatoms. The molecule has 1 rings (SSSR count). The zero-order valence-electron chi connectivity index (χ0n) is 9.09. The number of benzene rings is 1. The molecule has 0 heterocycles. The Morgan fingerprint density at radius 3 is 2.73 bits per heavy atom. The van der Waals surface area contributed by atoms with Crippen molar-refractivity contribution in [2.24, 2.45) is 5.92 Å². The number of ketones is 1. The van der Waals surface area contributed by atoms with Gasteiger partial charge in [0.15, 0.2) is 5.78 Å². The van der Waals surface area contributed by atoms with Gasteiger partial charge in [-0.1, -0.05) is 20.3 Å². The number of anilines is 1. The lowest BCUT2D eigenvalue weighted by molar-refractivity contribution is 0.0923. The highest BCUT2D eigenvalue weighted by Gasteiger charge is 2.15. The van der Waals surface area contributed by atoms with Crippen LogP contribution in [0, 0.1) is 11.7 Å². The first-order valence-electron chi connectivity index (χ1n) is 5.15. The van der Waals surface area contributed by atoms with E-state index in [0.717, 1.165) is 12.8 Å². The van der Waals surface area contributed by atoms with Crippen molar-refractivity contribution in [3.63, 3.8) is 0 Å². The minimum Gasteiger partial charge on any atom is -0.396 e. The van der Waals surface area contributed by atoms with Crippen molar-refractivity contribution < 1.29 is 9.18 Å². The molecule has 1 aromatic carbocycles. The van der Waals surface area contributed by atoms with Crippen LogP contribution in [0.25, 0.3) is 0 Å². The second-order valence-corrected chi connectivity index (χ2v) is 3.79. The van der Waals surface area contributed by atoms with E-state index >= 15 is 0 Å².